The summed E-state index contributed by atoms with van der Waals surface area (Å²) in [5, 5.41) is 4.55. The molecule has 0 N–H and O–H groups in total. The third-order valence-corrected chi connectivity index (χ3v) is 4.48. The van der Waals surface area contributed by atoms with Gasteiger partial charge < -0.3 is 4.90 Å². The second-order valence-electron chi connectivity index (χ2n) is 6.49. The van der Waals surface area contributed by atoms with E-state index in [0.717, 1.165) is 41.0 Å². The smallest absolute Gasteiger partial charge is 0.337 e. The zero-order valence-corrected chi connectivity index (χ0v) is 15.7. The molecular weight excluding hydrogens is 369 g/mol. The van der Waals surface area contributed by atoms with Crippen LogP contribution < -0.4 is 0 Å². The molecule has 0 atom stereocenters. The van der Waals surface area contributed by atoms with Crippen molar-refractivity contribution in [3.8, 4) is 5.69 Å². The number of para-hydroxylation sites is 1. The Hall–Kier alpha value is -3.16. The molecule has 0 saturated carbocycles. The Morgan fingerprint density at radius 3 is 2.36 bits per heavy atom. The van der Waals surface area contributed by atoms with Gasteiger partial charge in [0, 0.05) is 31.0 Å². The van der Waals surface area contributed by atoms with Crippen molar-refractivity contribution in [2.45, 2.75) is 26.6 Å². The molecule has 2 heterocycles. The van der Waals surface area contributed by atoms with E-state index in [0.29, 0.717) is 0 Å². The molecule has 0 saturated heterocycles. The van der Waals surface area contributed by atoms with Gasteiger partial charge in [0.05, 0.1) is 16.9 Å². The molecule has 146 valence electrons. The summed E-state index contributed by atoms with van der Waals surface area (Å²) in [7, 11) is 1.60. The summed E-state index contributed by atoms with van der Waals surface area (Å²) in [5.41, 5.74) is 2.55. The van der Waals surface area contributed by atoms with Crippen molar-refractivity contribution in [3.05, 3.63) is 76.9 Å². The zero-order chi connectivity index (χ0) is 20.5. The minimum Gasteiger partial charge on any atom is -0.337 e. The predicted octanol–water partition coefficient (Wildman–Crippen LogP) is 4.18. The summed E-state index contributed by atoms with van der Waals surface area (Å²) < 4.78 is 39.7. The summed E-state index contributed by atoms with van der Waals surface area (Å²) in [4.78, 5) is 17.4. The number of carbonyl (C=O) groups excluding carboxylic acids is 1. The number of aryl methyl sites for hydroxylation is 1. The van der Waals surface area contributed by atoms with Gasteiger partial charge in [-0.1, -0.05) is 18.2 Å². The molecule has 5 nitrogen and oxygen atoms in total. The maximum absolute atomic E-state index is 12.6. The number of aromatic nitrogens is 3. The van der Waals surface area contributed by atoms with Crippen molar-refractivity contribution >= 4 is 5.91 Å². The van der Waals surface area contributed by atoms with E-state index in [2.05, 4.69) is 10.1 Å². The molecule has 8 heteroatoms. The lowest BCUT2D eigenvalue weighted by Gasteiger charge is -2.18. The quantitative estimate of drug-likeness (QED) is 0.674. The van der Waals surface area contributed by atoms with Crippen LogP contribution in [0.2, 0.25) is 0 Å². The molecule has 1 amide bonds. The predicted molar refractivity (Wildman–Crippen MR) is 98.1 cm³/mol. The lowest BCUT2D eigenvalue weighted by molar-refractivity contribution is -0.141. The van der Waals surface area contributed by atoms with Crippen molar-refractivity contribution in [1.82, 2.24) is 19.7 Å². The van der Waals surface area contributed by atoms with Crippen LogP contribution in [0.25, 0.3) is 5.69 Å². The highest BCUT2D eigenvalue weighted by Gasteiger charge is 2.32. The number of nitrogens with zero attached hydrogens (tertiary/aromatic N) is 4. The first-order chi connectivity index (χ1) is 13.2. The number of pyridine rings is 1. The van der Waals surface area contributed by atoms with Gasteiger partial charge in [-0.2, -0.15) is 18.3 Å². The van der Waals surface area contributed by atoms with Gasteiger partial charge in [-0.05, 0) is 38.1 Å². The number of hydrogen-bond donors (Lipinski definition) is 0. The molecule has 3 aromatic rings. The van der Waals surface area contributed by atoms with Gasteiger partial charge >= 0.3 is 6.18 Å². The number of amides is 1. The minimum atomic E-state index is -4.53. The van der Waals surface area contributed by atoms with E-state index in [1.54, 1.807) is 7.05 Å². The Balaban J connectivity index is 1.80. The van der Waals surface area contributed by atoms with Crippen LogP contribution in [0.15, 0.2) is 48.7 Å². The van der Waals surface area contributed by atoms with Gasteiger partial charge in [-0.25, -0.2) is 4.68 Å². The number of halogens is 3. The summed E-state index contributed by atoms with van der Waals surface area (Å²) in [5.74, 6) is -0.410. The average Bonchev–Trinajstić information content (AvgIpc) is 2.95. The summed E-state index contributed by atoms with van der Waals surface area (Å²) in [6, 6.07) is 11.6. The fraction of sp³-hybridized carbons (Fsp3) is 0.250. The van der Waals surface area contributed by atoms with E-state index in [9.17, 15) is 18.0 Å². The van der Waals surface area contributed by atoms with Gasteiger partial charge in [-0.15, -0.1) is 0 Å². The van der Waals surface area contributed by atoms with E-state index in [4.69, 9.17) is 0 Å². The summed E-state index contributed by atoms with van der Waals surface area (Å²) in [6.07, 6.45) is -3.58. The number of hydrogen-bond acceptors (Lipinski definition) is 3. The molecule has 0 unspecified atom stereocenters. The van der Waals surface area contributed by atoms with Crippen LogP contribution in [-0.4, -0.2) is 32.6 Å². The van der Waals surface area contributed by atoms with Crippen LogP contribution in [0.5, 0.6) is 0 Å². The number of carbonyl (C=O) groups is 1. The highest BCUT2D eigenvalue weighted by atomic mass is 19.4. The van der Waals surface area contributed by atoms with E-state index in [-0.39, 0.29) is 12.1 Å². The SMILES string of the molecule is Cc1nn(-c2ccccc2)c(C)c1CN(C)C(=O)c1ccc(C(F)(F)F)nc1. The highest BCUT2D eigenvalue weighted by molar-refractivity contribution is 5.93. The van der Waals surface area contributed by atoms with Gasteiger partial charge in [0.25, 0.3) is 5.91 Å². The molecule has 0 bridgehead atoms. The highest BCUT2D eigenvalue weighted by Crippen LogP contribution is 2.27. The fourth-order valence-electron chi connectivity index (χ4n) is 2.94. The molecule has 0 aliphatic carbocycles. The molecule has 3 rings (SSSR count). The van der Waals surface area contributed by atoms with Crippen molar-refractivity contribution in [2.24, 2.45) is 0 Å². The van der Waals surface area contributed by atoms with Crippen LogP contribution in [0.1, 0.15) is 33.0 Å². The maximum Gasteiger partial charge on any atom is 0.433 e. The van der Waals surface area contributed by atoms with Crippen LogP contribution in [0, 0.1) is 13.8 Å². The van der Waals surface area contributed by atoms with Gasteiger partial charge in [0.2, 0.25) is 0 Å². The van der Waals surface area contributed by atoms with E-state index < -0.39 is 17.8 Å². The molecule has 0 fully saturated rings. The Labute approximate surface area is 160 Å². The first kappa shape index (κ1) is 19.6. The molecule has 2 aromatic heterocycles. The number of alkyl halides is 3. The van der Waals surface area contributed by atoms with Gasteiger partial charge in [-0.3, -0.25) is 9.78 Å². The zero-order valence-electron chi connectivity index (χ0n) is 15.7. The topological polar surface area (TPSA) is 51.0 Å². The van der Waals surface area contributed by atoms with Crippen LogP contribution >= 0.6 is 0 Å². The average molecular weight is 388 g/mol. The summed E-state index contributed by atoms with van der Waals surface area (Å²) in [6.45, 7) is 4.06. The largest absolute Gasteiger partial charge is 0.433 e. The molecule has 0 aliphatic heterocycles. The molecular formula is C20H19F3N4O. The molecule has 0 spiro atoms. The van der Waals surface area contributed by atoms with Crippen LogP contribution in [-0.2, 0) is 12.7 Å². The number of benzene rings is 1. The van der Waals surface area contributed by atoms with Crippen molar-refractivity contribution in [1.29, 1.82) is 0 Å². The van der Waals surface area contributed by atoms with Crippen molar-refractivity contribution < 1.29 is 18.0 Å². The minimum absolute atomic E-state index is 0.0984. The van der Waals surface area contributed by atoms with Crippen molar-refractivity contribution in [2.75, 3.05) is 7.05 Å². The monoisotopic (exact) mass is 388 g/mol. The van der Waals surface area contributed by atoms with Crippen LogP contribution in [0.4, 0.5) is 13.2 Å². The second kappa shape index (κ2) is 7.46. The normalized spacial score (nSPS) is 11.5. The van der Waals surface area contributed by atoms with E-state index in [1.807, 2.05) is 48.9 Å². The Morgan fingerprint density at radius 2 is 1.79 bits per heavy atom. The molecule has 28 heavy (non-hydrogen) atoms. The molecule has 0 radical (unpaired) electrons. The Bertz CT molecular complexity index is 979. The van der Waals surface area contributed by atoms with Gasteiger partial charge in [0.1, 0.15) is 5.69 Å². The first-order valence-corrected chi connectivity index (χ1v) is 8.57. The van der Waals surface area contributed by atoms with Crippen molar-refractivity contribution in [3.63, 3.8) is 0 Å². The standard InChI is InChI=1S/C20H19F3N4O/c1-13-17(14(2)27(25-13)16-7-5-4-6-8-16)12-26(3)19(28)15-9-10-18(24-11-15)20(21,22)23/h4-11H,12H2,1-3H3. The third-order valence-electron chi connectivity index (χ3n) is 4.48. The fourth-order valence-corrected chi connectivity index (χ4v) is 2.94. The third kappa shape index (κ3) is 3.90. The number of rotatable bonds is 4. The van der Waals surface area contributed by atoms with E-state index >= 15 is 0 Å². The lowest BCUT2D eigenvalue weighted by Crippen LogP contribution is -2.27. The Kier molecular flexibility index (Phi) is 5.22. The van der Waals surface area contributed by atoms with Crippen LogP contribution in [0.3, 0.4) is 0 Å². The molecule has 1 aromatic carbocycles. The molecule has 0 aliphatic rings. The summed E-state index contributed by atoms with van der Waals surface area (Å²) >= 11 is 0. The maximum atomic E-state index is 12.6. The van der Waals surface area contributed by atoms with E-state index in [1.165, 1.54) is 4.90 Å². The lowest BCUT2D eigenvalue weighted by atomic mass is 10.1. The van der Waals surface area contributed by atoms with Gasteiger partial charge in [0.15, 0.2) is 0 Å². The second-order valence-corrected chi connectivity index (χ2v) is 6.49. The Morgan fingerprint density at radius 1 is 1.11 bits per heavy atom. The first-order valence-electron chi connectivity index (χ1n) is 8.57.